The van der Waals surface area contributed by atoms with E-state index in [9.17, 15) is 0 Å². The van der Waals surface area contributed by atoms with Crippen molar-refractivity contribution < 1.29 is 0 Å². The van der Waals surface area contributed by atoms with E-state index in [1.165, 1.54) is 6.42 Å². The molecule has 0 N–H and O–H groups in total. The lowest BCUT2D eigenvalue weighted by atomic mass is 10.2. The maximum atomic E-state index is 8.73. The summed E-state index contributed by atoms with van der Waals surface area (Å²) in [6.07, 6.45) is 1.22. The molecule has 0 spiro atoms. The predicted molar refractivity (Wildman–Crippen MR) is 54.9 cm³/mol. The number of nitriles is 1. The third kappa shape index (κ3) is 1.69. The van der Waals surface area contributed by atoms with Crippen LogP contribution in [0.4, 0.5) is 5.82 Å². The molecule has 3 heteroatoms. The Kier molecular flexibility index (Phi) is 2.36. The molecule has 0 saturated carbocycles. The van der Waals surface area contributed by atoms with E-state index < -0.39 is 0 Å². The van der Waals surface area contributed by atoms with Crippen molar-refractivity contribution >= 4 is 5.82 Å². The van der Waals surface area contributed by atoms with Crippen LogP contribution in [0.3, 0.4) is 0 Å². The fourth-order valence-corrected chi connectivity index (χ4v) is 1.80. The van der Waals surface area contributed by atoms with Gasteiger partial charge < -0.3 is 4.90 Å². The Balaban J connectivity index is 2.20. The topological polar surface area (TPSA) is 39.9 Å². The van der Waals surface area contributed by atoms with Gasteiger partial charge in [-0.25, -0.2) is 4.98 Å². The van der Waals surface area contributed by atoms with Crippen LogP contribution in [-0.4, -0.2) is 18.1 Å². The van der Waals surface area contributed by atoms with Crippen LogP contribution in [0.2, 0.25) is 0 Å². The van der Waals surface area contributed by atoms with Gasteiger partial charge in [-0.15, -0.1) is 0 Å². The molecule has 2 heterocycles. The second kappa shape index (κ2) is 3.67. The molecule has 1 aliphatic rings. The van der Waals surface area contributed by atoms with E-state index in [0.29, 0.717) is 5.69 Å². The quantitative estimate of drug-likeness (QED) is 0.673. The fraction of sp³-hybridized carbons (Fsp3) is 0.455. The predicted octanol–water partition coefficient (Wildman–Crippen LogP) is 1.80. The van der Waals surface area contributed by atoms with Gasteiger partial charge in [0.25, 0.3) is 0 Å². The first kappa shape index (κ1) is 9.01. The minimum Gasteiger partial charge on any atom is -0.356 e. The molecule has 1 atom stereocenters. The number of nitrogens with zero attached hydrogens (tertiary/aromatic N) is 3. The summed E-state index contributed by atoms with van der Waals surface area (Å²) in [6, 6.07) is 7.67. The van der Waals surface area contributed by atoms with Crippen molar-refractivity contribution in [1.82, 2.24) is 4.98 Å². The lowest BCUT2D eigenvalue weighted by Crippen LogP contribution is -2.20. The van der Waals surface area contributed by atoms with Crippen molar-refractivity contribution in [2.24, 2.45) is 5.92 Å². The maximum Gasteiger partial charge on any atom is 0.142 e. The van der Waals surface area contributed by atoms with Gasteiger partial charge in [0, 0.05) is 13.1 Å². The van der Waals surface area contributed by atoms with Crippen LogP contribution in [0.5, 0.6) is 0 Å². The van der Waals surface area contributed by atoms with E-state index in [1.54, 1.807) is 6.07 Å². The van der Waals surface area contributed by atoms with Crippen molar-refractivity contribution in [2.75, 3.05) is 18.0 Å². The molecular weight excluding hydrogens is 174 g/mol. The molecule has 1 aromatic rings. The minimum absolute atomic E-state index is 0.502. The third-order valence-electron chi connectivity index (χ3n) is 2.60. The van der Waals surface area contributed by atoms with Gasteiger partial charge in [0.2, 0.25) is 0 Å². The summed E-state index contributed by atoms with van der Waals surface area (Å²) in [7, 11) is 0. The molecule has 0 aliphatic carbocycles. The average molecular weight is 187 g/mol. The van der Waals surface area contributed by atoms with Gasteiger partial charge >= 0.3 is 0 Å². The second-order valence-electron chi connectivity index (χ2n) is 3.83. The van der Waals surface area contributed by atoms with E-state index in [0.717, 1.165) is 24.8 Å². The third-order valence-corrected chi connectivity index (χ3v) is 2.60. The summed E-state index contributed by atoms with van der Waals surface area (Å²) in [5.41, 5.74) is 0.502. The molecule has 1 saturated heterocycles. The van der Waals surface area contributed by atoms with Crippen molar-refractivity contribution in [3.05, 3.63) is 23.9 Å². The summed E-state index contributed by atoms with van der Waals surface area (Å²) in [5, 5.41) is 8.73. The molecule has 1 aliphatic heterocycles. The van der Waals surface area contributed by atoms with E-state index in [2.05, 4.69) is 22.9 Å². The number of anilines is 1. The van der Waals surface area contributed by atoms with Crippen LogP contribution in [0.15, 0.2) is 18.2 Å². The van der Waals surface area contributed by atoms with Gasteiger partial charge in [0.15, 0.2) is 0 Å². The van der Waals surface area contributed by atoms with Gasteiger partial charge in [-0.05, 0) is 24.5 Å². The zero-order valence-corrected chi connectivity index (χ0v) is 8.27. The van der Waals surface area contributed by atoms with Crippen LogP contribution in [0.1, 0.15) is 19.0 Å². The van der Waals surface area contributed by atoms with Gasteiger partial charge in [0.05, 0.1) is 0 Å². The Bertz CT molecular complexity index is 367. The van der Waals surface area contributed by atoms with Crippen molar-refractivity contribution in [3.63, 3.8) is 0 Å². The van der Waals surface area contributed by atoms with E-state index >= 15 is 0 Å². The Morgan fingerprint density at radius 1 is 1.57 bits per heavy atom. The summed E-state index contributed by atoms with van der Waals surface area (Å²) < 4.78 is 0. The lowest BCUT2D eigenvalue weighted by Gasteiger charge is -2.16. The van der Waals surface area contributed by atoms with Gasteiger partial charge in [0.1, 0.15) is 17.6 Å². The summed E-state index contributed by atoms with van der Waals surface area (Å²) in [4.78, 5) is 6.51. The highest BCUT2D eigenvalue weighted by atomic mass is 15.2. The molecule has 3 nitrogen and oxygen atoms in total. The monoisotopic (exact) mass is 187 g/mol. The van der Waals surface area contributed by atoms with E-state index in [4.69, 9.17) is 5.26 Å². The first-order valence-corrected chi connectivity index (χ1v) is 4.91. The Morgan fingerprint density at radius 3 is 3.07 bits per heavy atom. The standard InChI is InChI=1S/C11H13N3/c1-9-5-6-14(8-9)11-4-2-3-10(7-12)13-11/h2-4,9H,5-6,8H2,1H3. The molecule has 1 aromatic heterocycles. The molecule has 1 fully saturated rings. The molecule has 2 rings (SSSR count). The van der Waals surface area contributed by atoms with Gasteiger partial charge in [-0.2, -0.15) is 5.26 Å². The number of pyridine rings is 1. The molecule has 0 radical (unpaired) electrons. The van der Waals surface area contributed by atoms with Crippen molar-refractivity contribution in [3.8, 4) is 6.07 Å². The molecule has 0 amide bonds. The summed E-state index contributed by atoms with van der Waals surface area (Å²) in [6.45, 7) is 4.36. The molecule has 0 aromatic carbocycles. The van der Waals surface area contributed by atoms with Gasteiger partial charge in [-0.3, -0.25) is 0 Å². The summed E-state index contributed by atoms with van der Waals surface area (Å²) in [5.74, 6) is 1.68. The summed E-state index contributed by atoms with van der Waals surface area (Å²) >= 11 is 0. The normalized spacial score (nSPS) is 20.9. The van der Waals surface area contributed by atoms with Crippen LogP contribution in [-0.2, 0) is 0 Å². The SMILES string of the molecule is CC1CCN(c2cccc(C#N)n2)C1. The Morgan fingerprint density at radius 2 is 2.43 bits per heavy atom. The Hall–Kier alpha value is -1.56. The van der Waals surface area contributed by atoms with Crippen molar-refractivity contribution in [1.29, 1.82) is 5.26 Å². The lowest BCUT2D eigenvalue weighted by molar-refractivity contribution is 0.659. The van der Waals surface area contributed by atoms with Crippen LogP contribution < -0.4 is 4.90 Å². The fourth-order valence-electron chi connectivity index (χ4n) is 1.80. The average Bonchev–Trinajstić information content (AvgIpc) is 2.65. The molecular formula is C11H13N3. The van der Waals surface area contributed by atoms with E-state index in [-0.39, 0.29) is 0 Å². The molecule has 1 unspecified atom stereocenters. The smallest absolute Gasteiger partial charge is 0.142 e. The highest BCUT2D eigenvalue weighted by Gasteiger charge is 2.19. The molecule has 0 bridgehead atoms. The number of rotatable bonds is 1. The second-order valence-corrected chi connectivity index (χ2v) is 3.83. The number of hydrogen-bond donors (Lipinski definition) is 0. The van der Waals surface area contributed by atoms with Crippen molar-refractivity contribution in [2.45, 2.75) is 13.3 Å². The highest BCUT2D eigenvalue weighted by Crippen LogP contribution is 2.21. The van der Waals surface area contributed by atoms with Gasteiger partial charge in [-0.1, -0.05) is 13.0 Å². The zero-order valence-electron chi connectivity index (χ0n) is 8.27. The molecule has 14 heavy (non-hydrogen) atoms. The van der Waals surface area contributed by atoms with E-state index in [1.807, 2.05) is 12.1 Å². The first-order chi connectivity index (χ1) is 6.79. The first-order valence-electron chi connectivity index (χ1n) is 4.91. The van der Waals surface area contributed by atoms with Crippen LogP contribution in [0.25, 0.3) is 0 Å². The molecule has 72 valence electrons. The largest absolute Gasteiger partial charge is 0.356 e. The van der Waals surface area contributed by atoms with Crippen LogP contribution >= 0.6 is 0 Å². The maximum absolute atomic E-state index is 8.73. The minimum atomic E-state index is 0.502. The van der Waals surface area contributed by atoms with Crippen LogP contribution in [0, 0.1) is 17.2 Å². The zero-order chi connectivity index (χ0) is 9.97. The Labute approximate surface area is 84.0 Å². The highest BCUT2D eigenvalue weighted by molar-refractivity contribution is 5.42. The number of aromatic nitrogens is 1. The number of hydrogen-bond acceptors (Lipinski definition) is 3.